The highest BCUT2D eigenvalue weighted by Gasteiger charge is 2.27. The summed E-state index contributed by atoms with van der Waals surface area (Å²) < 4.78 is 31.8. The van der Waals surface area contributed by atoms with E-state index in [0.29, 0.717) is 18.7 Å². The van der Waals surface area contributed by atoms with Gasteiger partial charge < -0.3 is 4.74 Å². The lowest BCUT2D eigenvalue weighted by atomic mass is 10.1. The summed E-state index contributed by atoms with van der Waals surface area (Å²) in [4.78, 5) is 12.2. The molecular weight excluding hydrogens is 316 g/mol. The van der Waals surface area contributed by atoms with E-state index in [1.807, 2.05) is 6.07 Å². The third kappa shape index (κ3) is 3.89. The van der Waals surface area contributed by atoms with Crippen LogP contribution in [-0.2, 0) is 14.8 Å². The fraction of sp³-hybridized carbons (Fsp3) is 0.500. The van der Waals surface area contributed by atoms with Gasteiger partial charge in [0.2, 0.25) is 10.0 Å². The third-order valence-corrected chi connectivity index (χ3v) is 5.74. The fourth-order valence-electron chi connectivity index (χ4n) is 2.49. The number of benzene rings is 1. The van der Waals surface area contributed by atoms with Crippen molar-refractivity contribution in [3.63, 3.8) is 0 Å². The predicted octanol–water partition coefficient (Wildman–Crippen LogP) is 2.24. The van der Waals surface area contributed by atoms with Crippen LogP contribution in [0.4, 0.5) is 0 Å². The van der Waals surface area contributed by atoms with Gasteiger partial charge in [0.05, 0.1) is 10.5 Å². The van der Waals surface area contributed by atoms with Crippen molar-refractivity contribution in [1.82, 2.24) is 4.31 Å². The zero-order valence-corrected chi connectivity index (χ0v) is 14.1. The summed E-state index contributed by atoms with van der Waals surface area (Å²) in [5, 5.41) is 8.72. The zero-order chi connectivity index (χ0) is 17.0. The minimum absolute atomic E-state index is 0.0848. The molecular formula is C16H20N2O4S. The van der Waals surface area contributed by atoms with E-state index in [1.54, 1.807) is 13.0 Å². The molecule has 23 heavy (non-hydrogen) atoms. The SMILES string of the molecule is Cc1ccc(S(=O)(=O)N2CCCCC2)cc1C(=O)O[C@H](C)C#N. The maximum Gasteiger partial charge on any atom is 0.339 e. The average Bonchev–Trinajstić information content (AvgIpc) is 2.55. The van der Waals surface area contributed by atoms with Crippen molar-refractivity contribution >= 4 is 16.0 Å². The van der Waals surface area contributed by atoms with Gasteiger partial charge in [0, 0.05) is 13.1 Å². The van der Waals surface area contributed by atoms with Crippen LogP contribution in [0, 0.1) is 18.3 Å². The van der Waals surface area contributed by atoms with Crippen LogP contribution in [0.25, 0.3) is 0 Å². The molecule has 0 radical (unpaired) electrons. The van der Waals surface area contributed by atoms with Crippen molar-refractivity contribution in [1.29, 1.82) is 5.26 Å². The highest BCUT2D eigenvalue weighted by atomic mass is 32.2. The first-order valence-electron chi connectivity index (χ1n) is 7.57. The number of rotatable bonds is 4. The molecule has 1 aliphatic rings. The number of carbonyl (C=O) groups excluding carboxylic acids is 1. The van der Waals surface area contributed by atoms with Crippen LogP contribution in [-0.4, -0.2) is 37.9 Å². The topological polar surface area (TPSA) is 87.5 Å². The van der Waals surface area contributed by atoms with E-state index in [9.17, 15) is 13.2 Å². The Bertz CT molecular complexity index is 731. The molecule has 0 saturated carbocycles. The molecule has 0 N–H and O–H groups in total. The molecule has 1 aromatic rings. The molecule has 0 aromatic heterocycles. The number of sulfonamides is 1. The fourth-order valence-corrected chi connectivity index (χ4v) is 4.03. The van der Waals surface area contributed by atoms with Crippen LogP contribution in [0.5, 0.6) is 0 Å². The Balaban J connectivity index is 2.33. The van der Waals surface area contributed by atoms with Gasteiger partial charge in [-0.2, -0.15) is 9.57 Å². The number of aryl methyl sites for hydroxylation is 1. The van der Waals surface area contributed by atoms with Crippen LogP contribution >= 0.6 is 0 Å². The summed E-state index contributed by atoms with van der Waals surface area (Å²) >= 11 is 0. The molecule has 7 heteroatoms. The monoisotopic (exact) mass is 336 g/mol. The van der Waals surface area contributed by atoms with Gasteiger partial charge in [0.25, 0.3) is 0 Å². The maximum atomic E-state index is 12.7. The molecule has 6 nitrogen and oxygen atoms in total. The summed E-state index contributed by atoms with van der Waals surface area (Å²) in [6.07, 6.45) is 1.84. The van der Waals surface area contributed by atoms with E-state index in [0.717, 1.165) is 19.3 Å². The van der Waals surface area contributed by atoms with Crippen molar-refractivity contribution in [3.8, 4) is 6.07 Å². The van der Waals surface area contributed by atoms with E-state index in [1.165, 1.54) is 23.4 Å². The largest absolute Gasteiger partial charge is 0.444 e. The van der Waals surface area contributed by atoms with Gasteiger partial charge in [0.15, 0.2) is 6.10 Å². The molecule has 124 valence electrons. The number of nitriles is 1. The van der Waals surface area contributed by atoms with Gasteiger partial charge in [-0.05, 0) is 44.4 Å². The maximum absolute atomic E-state index is 12.7. The first-order chi connectivity index (χ1) is 10.9. The number of esters is 1. The second-order valence-electron chi connectivity index (χ2n) is 5.62. The number of hydrogen-bond acceptors (Lipinski definition) is 5. The number of nitrogens with zero attached hydrogens (tertiary/aromatic N) is 2. The molecule has 0 aliphatic carbocycles. The lowest BCUT2D eigenvalue weighted by Gasteiger charge is -2.26. The third-order valence-electron chi connectivity index (χ3n) is 3.85. The van der Waals surface area contributed by atoms with Gasteiger partial charge in [-0.1, -0.05) is 12.5 Å². The second-order valence-corrected chi connectivity index (χ2v) is 7.56. The molecule has 0 amide bonds. The molecule has 1 aliphatic heterocycles. The summed E-state index contributed by atoms with van der Waals surface area (Å²) in [5.41, 5.74) is 0.780. The van der Waals surface area contributed by atoms with E-state index in [-0.39, 0.29) is 10.5 Å². The normalized spacial score (nSPS) is 17.3. The number of piperidine rings is 1. The summed E-state index contributed by atoms with van der Waals surface area (Å²) in [7, 11) is -3.61. The van der Waals surface area contributed by atoms with E-state index < -0.39 is 22.1 Å². The molecule has 1 heterocycles. The molecule has 1 saturated heterocycles. The number of carbonyl (C=O) groups is 1. The van der Waals surface area contributed by atoms with Gasteiger partial charge in [-0.3, -0.25) is 0 Å². The van der Waals surface area contributed by atoms with Crippen molar-refractivity contribution < 1.29 is 17.9 Å². The molecule has 0 spiro atoms. The molecule has 0 bridgehead atoms. The second kappa shape index (κ2) is 7.11. The lowest BCUT2D eigenvalue weighted by molar-refractivity contribution is 0.0434. The van der Waals surface area contributed by atoms with Crippen molar-refractivity contribution in [3.05, 3.63) is 29.3 Å². The minimum Gasteiger partial charge on any atom is -0.444 e. The summed E-state index contributed by atoms with van der Waals surface area (Å²) in [6, 6.07) is 6.24. The van der Waals surface area contributed by atoms with E-state index in [4.69, 9.17) is 10.00 Å². The average molecular weight is 336 g/mol. The molecule has 1 fully saturated rings. The Hall–Kier alpha value is -1.91. The van der Waals surface area contributed by atoms with Crippen LogP contribution in [0.15, 0.2) is 23.1 Å². The Morgan fingerprint density at radius 1 is 1.30 bits per heavy atom. The Morgan fingerprint density at radius 3 is 2.57 bits per heavy atom. The van der Waals surface area contributed by atoms with Crippen molar-refractivity contribution in [2.75, 3.05) is 13.1 Å². The highest BCUT2D eigenvalue weighted by molar-refractivity contribution is 7.89. The van der Waals surface area contributed by atoms with Crippen molar-refractivity contribution in [2.45, 2.75) is 44.1 Å². The summed E-state index contributed by atoms with van der Waals surface area (Å²) in [6.45, 7) is 4.16. The Kier molecular flexibility index (Phi) is 5.39. The number of hydrogen-bond donors (Lipinski definition) is 0. The van der Waals surface area contributed by atoms with Gasteiger partial charge in [-0.25, -0.2) is 13.2 Å². The minimum atomic E-state index is -3.61. The van der Waals surface area contributed by atoms with Crippen LogP contribution in [0.2, 0.25) is 0 Å². The standard InChI is InChI=1S/C16H20N2O4S/c1-12-6-7-14(10-15(12)16(19)22-13(2)11-17)23(20,21)18-8-4-3-5-9-18/h6-7,10,13H,3-5,8-9H2,1-2H3/t13-/m1/s1. The van der Waals surface area contributed by atoms with E-state index >= 15 is 0 Å². The lowest BCUT2D eigenvalue weighted by Crippen LogP contribution is -2.35. The zero-order valence-electron chi connectivity index (χ0n) is 13.3. The smallest absolute Gasteiger partial charge is 0.339 e. The molecule has 2 rings (SSSR count). The van der Waals surface area contributed by atoms with Gasteiger partial charge >= 0.3 is 5.97 Å². The van der Waals surface area contributed by atoms with Crippen molar-refractivity contribution in [2.24, 2.45) is 0 Å². The van der Waals surface area contributed by atoms with Crippen LogP contribution in [0.3, 0.4) is 0 Å². The van der Waals surface area contributed by atoms with Gasteiger partial charge in [-0.15, -0.1) is 0 Å². The summed E-state index contributed by atoms with van der Waals surface area (Å²) in [5.74, 6) is -0.688. The first kappa shape index (κ1) is 17.4. The molecule has 0 unspecified atom stereocenters. The predicted molar refractivity (Wildman–Crippen MR) is 84.3 cm³/mol. The van der Waals surface area contributed by atoms with Gasteiger partial charge in [0.1, 0.15) is 6.07 Å². The quantitative estimate of drug-likeness (QED) is 0.787. The molecule has 1 atom stereocenters. The highest BCUT2D eigenvalue weighted by Crippen LogP contribution is 2.23. The number of ether oxygens (including phenoxy) is 1. The van der Waals surface area contributed by atoms with E-state index in [2.05, 4.69) is 0 Å². The molecule has 1 aromatic carbocycles. The first-order valence-corrected chi connectivity index (χ1v) is 9.01. The van der Waals surface area contributed by atoms with Crippen LogP contribution < -0.4 is 0 Å². The Labute approximate surface area is 136 Å². The van der Waals surface area contributed by atoms with Crippen LogP contribution in [0.1, 0.15) is 42.1 Å². The Morgan fingerprint density at radius 2 is 1.96 bits per heavy atom.